The van der Waals surface area contributed by atoms with Crippen molar-refractivity contribution in [3.05, 3.63) is 76.7 Å². The number of carbonyl (C=O) groups is 1. The molecule has 0 amide bonds. The molecule has 0 aliphatic heterocycles. The topological polar surface area (TPSA) is 72.5 Å². The number of sulfonamides is 1. The standard InChI is InChI=1S/C17H17NO4S/c1-22-17(19)16-9-7-15(8-10-16)13-18-23(20,21)12-11-14-5-3-2-4-6-14/h2-12,18H,13H2,1H3/b12-11+. The molecule has 0 aromatic heterocycles. The van der Waals surface area contributed by atoms with Gasteiger partial charge < -0.3 is 4.74 Å². The average molecular weight is 331 g/mol. The summed E-state index contributed by atoms with van der Waals surface area (Å²) in [6.07, 6.45) is 1.53. The molecule has 0 spiro atoms. The van der Waals surface area contributed by atoms with Crippen LogP contribution in [0.5, 0.6) is 0 Å². The molecule has 0 heterocycles. The van der Waals surface area contributed by atoms with E-state index >= 15 is 0 Å². The molecular formula is C17H17NO4S. The summed E-state index contributed by atoms with van der Waals surface area (Å²) in [7, 11) is -2.22. The minimum atomic E-state index is -3.53. The Balaban J connectivity index is 1.96. The monoisotopic (exact) mass is 331 g/mol. The number of carbonyl (C=O) groups excluding carboxylic acids is 1. The van der Waals surface area contributed by atoms with Crippen LogP contribution in [-0.4, -0.2) is 21.5 Å². The molecule has 2 aromatic rings. The highest BCUT2D eigenvalue weighted by atomic mass is 32.2. The summed E-state index contributed by atoms with van der Waals surface area (Å²) >= 11 is 0. The SMILES string of the molecule is COC(=O)c1ccc(CNS(=O)(=O)/C=C/c2ccccc2)cc1. The molecule has 120 valence electrons. The molecule has 0 fully saturated rings. The van der Waals surface area contributed by atoms with Gasteiger partial charge in [-0.3, -0.25) is 0 Å². The Morgan fingerprint density at radius 2 is 1.74 bits per heavy atom. The molecule has 0 saturated heterocycles. The lowest BCUT2D eigenvalue weighted by Gasteiger charge is -2.04. The molecule has 23 heavy (non-hydrogen) atoms. The first kappa shape index (κ1) is 16.9. The fourth-order valence-electron chi connectivity index (χ4n) is 1.84. The summed E-state index contributed by atoms with van der Waals surface area (Å²) in [6, 6.07) is 15.7. The summed E-state index contributed by atoms with van der Waals surface area (Å²) < 4.78 is 30.9. The van der Waals surface area contributed by atoms with Crippen molar-refractivity contribution >= 4 is 22.1 Å². The average Bonchev–Trinajstić information content (AvgIpc) is 2.59. The van der Waals surface area contributed by atoms with Crippen molar-refractivity contribution in [1.29, 1.82) is 0 Å². The zero-order chi connectivity index (χ0) is 16.7. The Kier molecular flexibility index (Phi) is 5.67. The molecule has 0 atom stereocenters. The molecule has 0 aliphatic carbocycles. The van der Waals surface area contributed by atoms with E-state index in [1.165, 1.54) is 13.2 Å². The zero-order valence-electron chi connectivity index (χ0n) is 12.6. The predicted octanol–water partition coefficient (Wildman–Crippen LogP) is 2.56. The van der Waals surface area contributed by atoms with E-state index < -0.39 is 16.0 Å². The molecular weight excluding hydrogens is 314 g/mol. The number of esters is 1. The Morgan fingerprint density at radius 3 is 2.35 bits per heavy atom. The van der Waals surface area contributed by atoms with E-state index in [0.29, 0.717) is 5.56 Å². The van der Waals surface area contributed by atoms with Gasteiger partial charge >= 0.3 is 5.97 Å². The van der Waals surface area contributed by atoms with E-state index in [0.717, 1.165) is 16.5 Å². The van der Waals surface area contributed by atoms with Crippen molar-refractivity contribution in [3.8, 4) is 0 Å². The van der Waals surface area contributed by atoms with Gasteiger partial charge in [-0.15, -0.1) is 0 Å². The Labute approximate surface area is 135 Å². The maximum Gasteiger partial charge on any atom is 0.337 e. The molecule has 0 radical (unpaired) electrons. The van der Waals surface area contributed by atoms with Crippen molar-refractivity contribution in [2.24, 2.45) is 0 Å². The van der Waals surface area contributed by atoms with Gasteiger partial charge in [-0.1, -0.05) is 42.5 Å². The molecule has 5 nitrogen and oxygen atoms in total. The number of hydrogen-bond acceptors (Lipinski definition) is 4. The van der Waals surface area contributed by atoms with E-state index in [1.807, 2.05) is 30.3 Å². The fourth-order valence-corrected chi connectivity index (χ4v) is 2.64. The highest BCUT2D eigenvalue weighted by Gasteiger charge is 2.07. The van der Waals surface area contributed by atoms with Crippen molar-refractivity contribution in [2.75, 3.05) is 7.11 Å². The van der Waals surface area contributed by atoms with Crippen LogP contribution in [0.3, 0.4) is 0 Å². The summed E-state index contributed by atoms with van der Waals surface area (Å²) in [5.74, 6) is -0.428. The van der Waals surface area contributed by atoms with E-state index in [-0.39, 0.29) is 6.54 Å². The molecule has 0 aliphatic rings. The van der Waals surface area contributed by atoms with Crippen LogP contribution in [0.1, 0.15) is 21.5 Å². The summed E-state index contributed by atoms with van der Waals surface area (Å²) in [5.41, 5.74) is 1.97. The third-order valence-corrected chi connectivity index (χ3v) is 4.13. The number of benzene rings is 2. The first-order chi connectivity index (χ1) is 11.0. The summed E-state index contributed by atoms with van der Waals surface area (Å²) in [5, 5.41) is 1.13. The van der Waals surface area contributed by atoms with Gasteiger partial charge in [0, 0.05) is 12.0 Å². The van der Waals surface area contributed by atoms with Gasteiger partial charge in [0.05, 0.1) is 12.7 Å². The van der Waals surface area contributed by atoms with Crippen LogP contribution in [0.25, 0.3) is 6.08 Å². The zero-order valence-corrected chi connectivity index (χ0v) is 13.4. The second-order valence-corrected chi connectivity index (χ2v) is 6.42. The first-order valence-electron chi connectivity index (χ1n) is 6.90. The van der Waals surface area contributed by atoms with Crippen LogP contribution in [0.15, 0.2) is 60.0 Å². The van der Waals surface area contributed by atoms with E-state index in [1.54, 1.807) is 24.3 Å². The van der Waals surface area contributed by atoms with Crippen molar-refractivity contribution < 1.29 is 17.9 Å². The summed E-state index contributed by atoms with van der Waals surface area (Å²) in [4.78, 5) is 11.3. The van der Waals surface area contributed by atoms with Gasteiger partial charge in [0.25, 0.3) is 0 Å². The number of ether oxygens (including phenoxy) is 1. The largest absolute Gasteiger partial charge is 0.465 e. The molecule has 1 N–H and O–H groups in total. The van der Waals surface area contributed by atoms with Crippen molar-refractivity contribution in [1.82, 2.24) is 4.72 Å². The van der Waals surface area contributed by atoms with Crippen molar-refractivity contribution in [2.45, 2.75) is 6.54 Å². The predicted molar refractivity (Wildman–Crippen MR) is 89.0 cm³/mol. The minimum absolute atomic E-state index is 0.142. The van der Waals surface area contributed by atoms with Crippen LogP contribution in [0, 0.1) is 0 Å². The van der Waals surface area contributed by atoms with Crippen LogP contribution in [0.4, 0.5) is 0 Å². The lowest BCUT2D eigenvalue weighted by molar-refractivity contribution is 0.0600. The van der Waals surface area contributed by atoms with Gasteiger partial charge in [0.15, 0.2) is 0 Å². The second kappa shape index (κ2) is 7.71. The Hall–Kier alpha value is -2.44. The lowest BCUT2D eigenvalue weighted by atomic mass is 10.1. The Bertz CT molecular complexity index is 781. The van der Waals surface area contributed by atoms with Crippen LogP contribution in [0.2, 0.25) is 0 Å². The highest BCUT2D eigenvalue weighted by molar-refractivity contribution is 7.92. The molecule has 0 bridgehead atoms. The first-order valence-corrected chi connectivity index (χ1v) is 8.45. The fraction of sp³-hybridized carbons (Fsp3) is 0.118. The van der Waals surface area contributed by atoms with Gasteiger partial charge in [-0.05, 0) is 29.3 Å². The van der Waals surface area contributed by atoms with Gasteiger partial charge in [0.1, 0.15) is 0 Å². The minimum Gasteiger partial charge on any atom is -0.465 e. The Morgan fingerprint density at radius 1 is 1.09 bits per heavy atom. The van der Waals surface area contributed by atoms with Gasteiger partial charge in [0.2, 0.25) is 10.0 Å². The molecule has 6 heteroatoms. The van der Waals surface area contributed by atoms with Crippen LogP contribution < -0.4 is 4.72 Å². The molecule has 2 rings (SSSR count). The maximum atomic E-state index is 11.9. The second-order valence-electron chi connectivity index (χ2n) is 4.77. The molecule has 0 unspecified atom stereocenters. The number of hydrogen-bond donors (Lipinski definition) is 1. The molecule has 2 aromatic carbocycles. The van der Waals surface area contributed by atoms with Gasteiger partial charge in [-0.2, -0.15) is 0 Å². The normalized spacial score (nSPS) is 11.5. The maximum absolute atomic E-state index is 11.9. The summed E-state index contributed by atoms with van der Waals surface area (Å²) in [6.45, 7) is 0.142. The third kappa shape index (κ3) is 5.36. The van der Waals surface area contributed by atoms with Gasteiger partial charge in [-0.25, -0.2) is 17.9 Å². The highest BCUT2D eigenvalue weighted by Crippen LogP contribution is 2.07. The smallest absolute Gasteiger partial charge is 0.337 e. The number of nitrogens with one attached hydrogen (secondary N) is 1. The van der Waals surface area contributed by atoms with Crippen LogP contribution >= 0.6 is 0 Å². The van der Waals surface area contributed by atoms with Crippen molar-refractivity contribution in [3.63, 3.8) is 0 Å². The number of rotatable bonds is 6. The van der Waals surface area contributed by atoms with Crippen LogP contribution in [-0.2, 0) is 21.3 Å². The van der Waals surface area contributed by atoms with E-state index in [9.17, 15) is 13.2 Å². The molecule has 0 saturated carbocycles. The van der Waals surface area contributed by atoms with E-state index in [4.69, 9.17) is 0 Å². The third-order valence-electron chi connectivity index (χ3n) is 3.09. The quantitative estimate of drug-likeness (QED) is 0.826. The lowest BCUT2D eigenvalue weighted by Crippen LogP contribution is -2.20. The number of methoxy groups -OCH3 is 1. The van der Waals surface area contributed by atoms with E-state index in [2.05, 4.69) is 9.46 Å².